The molecule has 0 unspecified atom stereocenters. The first-order valence-corrected chi connectivity index (χ1v) is 8.73. The Bertz CT molecular complexity index is 714. The molecule has 1 saturated carbocycles. The topological polar surface area (TPSA) is 88.0 Å². The second-order valence-electron chi connectivity index (χ2n) is 6.98. The smallest absolute Gasteiger partial charge is 0.270 e. The number of nitrogens with zero attached hydrogens (tertiary/aromatic N) is 3. The van der Waals surface area contributed by atoms with Crippen molar-refractivity contribution in [2.45, 2.75) is 51.2 Å². The predicted molar refractivity (Wildman–Crippen MR) is 94.0 cm³/mol. The zero-order valence-electron chi connectivity index (χ0n) is 14.6. The molecule has 2 N–H and O–H groups in total. The summed E-state index contributed by atoms with van der Waals surface area (Å²) in [6.45, 7) is 4.00. The molecule has 25 heavy (non-hydrogen) atoms. The van der Waals surface area contributed by atoms with Gasteiger partial charge in [0, 0.05) is 30.6 Å². The Morgan fingerprint density at radius 2 is 1.96 bits per heavy atom. The van der Waals surface area contributed by atoms with E-state index in [1.54, 1.807) is 24.7 Å². The molecule has 1 atom stereocenters. The van der Waals surface area contributed by atoms with Crippen LogP contribution in [0, 0.1) is 5.92 Å². The number of nitrogens with one attached hydrogen (secondary N) is 1. The van der Waals surface area contributed by atoms with Crippen molar-refractivity contribution in [3.8, 4) is 0 Å². The number of aromatic nitrogens is 3. The summed E-state index contributed by atoms with van der Waals surface area (Å²) in [5.74, 6) is 0.919. The third-order valence-corrected chi connectivity index (χ3v) is 4.66. The maximum Gasteiger partial charge on any atom is 0.270 e. The molecule has 1 fully saturated rings. The van der Waals surface area contributed by atoms with Crippen molar-refractivity contribution in [3.63, 3.8) is 0 Å². The number of hydrogen-bond acceptors (Lipinski definition) is 5. The van der Waals surface area contributed by atoms with Crippen LogP contribution in [-0.4, -0.2) is 38.1 Å². The third kappa shape index (κ3) is 4.39. The van der Waals surface area contributed by atoms with E-state index in [4.69, 9.17) is 0 Å². The van der Waals surface area contributed by atoms with Crippen molar-refractivity contribution in [3.05, 3.63) is 53.9 Å². The number of carbonyl (C=O) groups is 1. The molecular weight excluding hydrogens is 316 g/mol. The summed E-state index contributed by atoms with van der Waals surface area (Å²) in [6, 6.07) is 5.52. The fourth-order valence-electron chi connectivity index (χ4n) is 3.09. The van der Waals surface area contributed by atoms with Gasteiger partial charge in [0.1, 0.15) is 11.5 Å². The number of rotatable bonds is 6. The van der Waals surface area contributed by atoms with Gasteiger partial charge in [-0.3, -0.25) is 9.78 Å². The van der Waals surface area contributed by atoms with E-state index in [1.165, 1.54) is 0 Å². The van der Waals surface area contributed by atoms with Crippen LogP contribution in [0.15, 0.2) is 36.8 Å². The lowest BCUT2D eigenvalue weighted by Gasteiger charge is -2.38. The number of carbonyl (C=O) groups excluding carboxylic acids is 1. The highest BCUT2D eigenvalue weighted by Crippen LogP contribution is 2.31. The van der Waals surface area contributed by atoms with Crippen LogP contribution in [0.2, 0.25) is 0 Å². The quantitative estimate of drug-likeness (QED) is 0.841. The molecule has 2 aromatic heterocycles. The van der Waals surface area contributed by atoms with Crippen molar-refractivity contribution in [1.82, 2.24) is 20.3 Å². The average molecular weight is 340 g/mol. The van der Waals surface area contributed by atoms with Gasteiger partial charge in [-0.2, -0.15) is 0 Å². The van der Waals surface area contributed by atoms with Gasteiger partial charge >= 0.3 is 0 Å². The highest BCUT2D eigenvalue weighted by atomic mass is 16.3. The minimum atomic E-state index is -0.256. The van der Waals surface area contributed by atoms with Gasteiger partial charge in [0.2, 0.25) is 0 Å². The minimum absolute atomic E-state index is 0.0317. The van der Waals surface area contributed by atoms with E-state index in [2.05, 4.69) is 20.3 Å². The first-order valence-electron chi connectivity index (χ1n) is 8.73. The molecule has 0 radical (unpaired) electrons. The normalized spacial score (nSPS) is 20.8. The van der Waals surface area contributed by atoms with Crippen LogP contribution < -0.4 is 5.32 Å². The van der Waals surface area contributed by atoms with E-state index in [1.807, 2.05) is 26.0 Å². The van der Waals surface area contributed by atoms with Crippen LogP contribution in [0.25, 0.3) is 0 Å². The average Bonchev–Trinajstić information content (AvgIpc) is 2.59. The molecule has 132 valence electrons. The zero-order chi connectivity index (χ0) is 17.8. The molecule has 2 heterocycles. The summed E-state index contributed by atoms with van der Waals surface area (Å²) in [5, 5.41) is 12.7. The fraction of sp³-hybridized carbons (Fsp3) is 0.474. The Labute approximate surface area is 147 Å². The van der Waals surface area contributed by atoms with E-state index in [0.29, 0.717) is 17.9 Å². The third-order valence-electron chi connectivity index (χ3n) is 4.66. The molecule has 1 aliphatic rings. The van der Waals surface area contributed by atoms with E-state index in [0.717, 1.165) is 18.4 Å². The first-order chi connectivity index (χ1) is 12.0. The maximum absolute atomic E-state index is 12.7. The number of aliphatic hydroxyl groups is 1. The molecule has 1 aliphatic carbocycles. The molecule has 3 rings (SSSR count). The van der Waals surface area contributed by atoms with Gasteiger partial charge in [-0.15, -0.1) is 0 Å². The SMILES string of the molecule is CC(C)c1nccc(C(=O)N[C@@H](Cc2ccncc2)C2CC(O)C2)n1. The number of hydrogen-bond donors (Lipinski definition) is 2. The van der Waals surface area contributed by atoms with Crippen molar-refractivity contribution in [1.29, 1.82) is 0 Å². The molecule has 2 aromatic rings. The molecule has 6 nitrogen and oxygen atoms in total. The molecule has 0 aliphatic heterocycles. The minimum Gasteiger partial charge on any atom is -0.393 e. The maximum atomic E-state index is 12.7. The van der Waals surface area contributed by atoms with Crippen molar-refractivity contribution in [2.24, 2.45) is 5.92 Å². The molecule has 0 aromatic carbocycles. The van der Waals surface area contributed by atoms with E-state index in [9.17, 15) is 9.90 Å². The first kappa shape index (κ1) is 17.5. The van der Waals surface area contributed by atoms with Gasteiger partial charge < -0.3 is 10.4 Å². The summed E-state index contributed by atoms with van der Waals surface area (Å²) < 4.78 is 0. The summed E-state index contributed by atoms with van der Waals surface area (Å²) in [4.78, 5) is 25.3. The fourth-order valence-corrected chi connectivity index (χ4v) is 3.09. The van der Waals surface area contributed by atoms with Gasteiger partial charge in [0.05, 0.1) is 6.10 Å². The summed E-state index contributed by atoms with van der Waals surface area (Å²) in [7, 11) is 0. The van der Waals surface area contributed by atoms with Gasteiger partial charge in [-0.1, -0.05) is 13.8 Å². The molecule has 0 saturated heterocycles. The monoisotopic (exact) mass is 340 g/mol. The second-order valence-corrected chi connectivity index (χ2v) is 6.98. The second kappa shape index (κ2) is 7.70. The zero-order valence-corrected chi connectivity index (χ0v) is 14.6. The Balaban J connectivity index is 1.73. The Hall–Kier alpha value is -2.34. The summed E-state index contributed by atoms with van der Waals surface area (Å²) >= 11 is 0. The molecular formula is C19H24N4O2. The number of aliphatic hydroxyl groups excluding tert-OH is 1. The Kier molecular flexibility index (Phi) is 5.38. The van der Waals surface area contributed by atoms with Gasteiger partial charge in [-0.25, -0.2) is 9.97 Å². The predicted octanol–water partition coefficient (Wildman–Crippen LogP) is 2.11. The largest absolute Gasteiger partial charge is 0.393 e. The van der Waals surface area contributed by atoms with Crippen LogP contribution in [0.4, 0.5) is 0 Å². The van der Waals surface area contributed by atoms with Crippen LogP contribution in [0.5, 0.6) is 0 Å². The summed E-state index contributed by atoms with van der Waals surface area (Å²) in [6.07, 6.45) is 7.03. The van der Waals surface area contributed by atoms with Crippen molar-refractivity contribution in [2.75, 3.05) is 0 Å². The van der Waals surface area contributed by atoms with Crippen molar-refractivity contribution < 1.29 is 9.90 Å². The van der Waals surface area contributed by atoms with Gasteiger partial charge in [0.15, 0.2) is 0 Å². The molecule has 0 bridgehead atoms. The molecule has 6 heteroatoms. The van der Waals surface area contributed by atoms with Crippen LogP contribution in [-0.2, 0) is 6.42 Å². The number of amides is 1. The Morgan fingerprint density at radius 3 is 2.60 bits per heavy atom. The van der Waals surface area contributed by atoms with E-state index < -0.39 is 0 Å². The number of pyridine rings is 1. The van der Waals surface area contributed by atoms with Crippen LogP contribution in [0.3, 0.4) is 0 Å². The molecule has 1 amide bonds. The van der Waals surface area contributed by atoms with Crippen LogP contribution >= 0.6 is 0 Å². The van der Waals surface area contributed by atoms with Gasteiger partial charge in [0.25, 0.3) is 5.91 Å². The Morgan fingerprint density at radius 1 is 1.24 bits per heavy atom. The lowest BCUT2D eigenvalue weighted by atomic mass is 9.75. The lowest BCUT2D eigenvalue weighted by Crippen LogP contribution is -2.48. The van der Waals surface area contributed by atoms with Gasteiger partial charge in [-0.05, 0) is 48.9 Å². The highest BCUT2D eigenvalue weighted by Gasteiger charge is 2.35. The van der Waals surface area contributed by atoms with Crippen LogP contribution in [0.1, 0.15) is 54.5 Å². The van der Waals surface area contributed by atoms with Crippen molar-refractivity contribution >= 4 is 5.91 Å². The summed E-state index contributed by atoms with van der Waals surface area (Å²) in [5.41, 5.74) is 1.51. The lowest BCUT2D eigenvalue weighted by molar-refractivity contribution is 0.0238. The molecule has 0 spiro atoms. The van der Waals surface area contributed by atoms with E-state index >= 15 is 0 Å². The standard InChI is InChI=1S/C19H24N4O2/c1-12(2)18-21-8-5-16(22-18)19(25)23-17(14-10-15(24)11-14)9-13-3-6-20-7-4-13/h3-8,12,14-15,17,24H,9-11H2,1-2H3,(H,23,25)/t14?,15?,17-/m0/s1. The highest BCUT2D eigenvalue weighted by molar-refractivity contribution is 5.92. The van der Waals surface area contributed by atoms with E-state index in [-0.39, 0.29) is 29.9 Å².